The van der Waals surface area contributed by atoms with Gasteiger partial charge in [-0.1, -0.05) is 13.0 Å². The second kappa shape index (κ2) is 9.05. The number of benzene rings is 1. The van der Waals surface area contributed by atoms with E-state index >= 15 is 0 Å². The molecule has 1 aromatic carbocycles. The standard InChI is InChI=1S/C21H25F5N2O5/c1-10-15(12-5-6-13(22)16(23)17(12)31-4)18(33-20(10,2)21(24,25)26)19(30)27-7-11-8-28(3)14(29)9-32-11/h5-6,10-11,15,18H,7-9H2,1-4H3,(H,27,30)/t10-,11+,15-,18+,20+/m0/s1. The third-order valence-corrected chi connectivity index (χ3v) is 6.42. The van der Waals surface area contributed by atoms with E-state index in [0.717, 1.165) is 26.2 Å². The van der Waals surface area contributed by atoms with Crippen LogP contribution in [0.1, 0.15) is 25.3 Å². The minimum Gasteiger partial charge on any atom is -0.493 e. The zero-order chi connectivity index (χ0) is 24.7. The molecular formula is C21H25F5N2O5. The van der Waals surface area contributed by atoms with E-state index in [1.807, 2.05) is 0 Å². The summed E-state index contributed by atoms with van der Waals surface area (Å²) in [5.41, 5.74) is -2.85. The molecule has 2 aliphatic heterocycles. The maximum atomic E-state index is 14.3. The van der Waals surface area contributed by atoms with Crippen molar-refractivity contribution in [1.29, 1.82) is 0 Å². The summed E-state index contributed by atoms with van der Waals surface area (Å²) in [5.74, 6) is -6.96. The molecule has 0 radical (unpaired) electrons. The Morgan fingerprint density at radius 3 is 2.58 bits per heavy atom. The van der Waals surface area contributed by atoms with Crippen molar-refractivity contribution in [3.8, 4) is 5.75 Å². The number of carbonyl (C=O) groups is 2. The molecule has 1 aromatic rings. The van der Waals surface area contributed by atoms with Crippen LogP contribution in [-0.2, 0) is 19.1 Å². The van der Waals surface area contributed by atoms with Gasteiger partial charge >= 0.3 is 6.18 Å². The first-order valence-corrected chi connectivity index (χ1v) is 10.2. The highest BCUT2D eigenvalue weighted by Gasteiger charge is 2.65. The molecule has 2 heterocycles. The summed E-state index contributed by atoms with van der Waals surface area (Å²) >= 11 is 0. The number of carbonyl (C=O) groups excluding carboxylic acids is 2. The molecule has 2 fully saturated rings. The number of nitrogens with one attached hydrogen (secondary N) is 1. The fraction of sp³-hybridized carbons (Fsp3) is 0.619. The van der Waals surface area contributed by atoms with Gasteiger partial charge in [0, 0.05) is 37.5 Å². The fourth-order valence-corrected chi connectivity index (χ4v) is 4.24. The Morgan fingerprint density at radius 2 is 2.00 bits per heavy atom. The van der Waals surface area contributed by atoms with Gasteiger partial charge in [0.25, 0.3) is 0 Å². The van der Waals surface area contributed by atoms with Crippen molar-refractivity contribution in [2.45, 2.75) is 43.8 Å². The van der Waals surface area contributed by atoms with Crippen LogP contribution in [0.25, 0.3) is 0 Å². The van der Waals surface area contributed by atoms with Crippen LogP contribution >= 0.6 is 0 Å². The largest absolute Gasteiger partial charge is 0.493 e. The minimum absolute atomic E-state index is 0.0882. The van der Waals surface area contributed by atoms with Gasteiger partial charge in [0.05, 0.1) is 13.2 Å². The van der Waals surface area contributed by atoms with Gasteiger partial charge in [0.15, 0.2) is 17.2 Å². The Labute approximate surface area is 187 Å². The maximum Gasteiger partial charge on any atom is 0.417 e. The number of hydrogen-bond donors (Lipinski definition) is 1. The number of methoxy groups -OCH3 is 1. The maximum absolute atomic E-state index is 14.3. The molecule has 5 atom stereocenters. The van der Waals surface area contributed by atoms with Crippen molar-refractivity contribution in [2.24, 2.45) is 5.92 Å². The minimum atomic E-state index is -4.85. The number of rotatable bonds is 5. The summed E-state index contributed by atoms with van der Waals surface area (Å²) in [5, 5.41) is 2.50. The van der Waals surface area contributed by atoms with Gasteiger partial charge in [-0.15, -0.1) is 0 Å². The van der Waals surface area contributed by atoms with E-state index in [-0.39, 0.29) is 31.2 Å². The van der Waals surface area contributed by atoms with Crippen molar-refractivity contribution < 1.29 is 45.8 Å². The van der Waals surface area contributed by atoms with Crippen molar-refractivity contribution in [3.63, 3.8) is 0 Å². The Balaban J connectivity index is 1.91. The molecule has 0 unspecified atom stereocenters. The average molecular weight is 480 g/mol. The lowest BCUT2D eigenvalue weighted by molar-refractivity contribution is -0.272. The molecule has 3 rings (SSSR count). The number of nitrogens with zero attached hydrogens (tertiary/aromatic N) is 1. The van der Waals surface area contributed by atoms with Crippen molar-refractivity contribution in [2.75, 3.05) is 33.9 Å². The zero-order valence-corrected chi connectivity index (χ0v) is 18.5. The molecule has 0 aromatic heterocycles. The first kappa shape index (κ1) is 25.2. The van der Waals surface area contributed by atoms with E-state index in [0.29, 0.717) is 0 Å². The van der Waals surface area contributed by atoms with Crippen molar-refractivity contribution in [1.82, 2.24) is 10.2 Å². The molecule has 0 spiro atoms. The Bertz CT molecular complexity index is 927. The lowest BCUT2D eigenvalue weighted by Gasteiger charge is -2.32. The SMILES string of the molecule is COc1c([C@H]2[C@H](C(=O)NC[C@@H]3CN(C)C(=O)CO3)O[C@@](C)(C(F)(F)F)[C@H]2C)ccc(F)c1F. The number of ether oxygens (including phenoxy) is 3. The summed E-state index contributed by atoms with van der Waals surface area (Å²) in [7, 11) is 2.61. The Hall–Kier alpha value is -2.47. The van der Waals surface area contributed by atoms with E-state index in [1.165, 1.54) is 11.8 Å². The molecule has 1 N–H and O–H groups in total. The molecule has 2 aliphatic rings. The zero-order valence-electron chi connectivity index (χ0n) is 18.5. The van der Waals surface area contributed by atoms with Crippen LogP contribution < -0.4 is 10.1 Å². The molecule has 184 valence electrons. The van der Waals surface area contributed by atoms with Crippen LogP contribution in [0.15, 0.2) is 12.1 Å². The molecule has 0 saturated carbocycles. The summed E-state index contributed by atoms with van der Waals surface area (Å²) in [6.45, 7) is 1.96. The predicted octanol–water partition coefficient (Wildman–Crippen LogP) is 2.39. The van der Waals surface area contributed by atoms with E-state index in [4.69, 9.17) is 14.2 Å². The lowest BCUT2D eigenvalue weighted by Crippen LogP contribution is -2.50. The highest BCUT2D eigenvalue weighted by atomic mass is 19.4. The van der Waals surface area contributed by atoms with Gasteiger partial charge in [-0.25, -0.2) is 4.39 Å². The second-order valence-electron chi connectivity index (χ2n) is 8.39. The second-order valence-corrected chi connectivity index (χ2v) is 8.39. The van der Waals surface area contributed by atoms with Gasteiger partial charge in [-0.3, -0.25) is 9.59 Å². The van der Waals surface area contributed by atoms with Crippen molar-refractivity contribution in [3.05, 3.63) is 29.3 Å². The van der Waals surface area contributed by atoms with Crippen LogP contribution in [0.4, 0.5) is 22.0 Å². The van der Waals surface area contributed by atoms with E-state index < -0.39 is 59.1 Å². The normalized spacial score (nSPS) is 30.5. The van der Waals surface area contributed by atoms with Crippen LogP contribution in [-0.4, -0.2) is 74.6 Å². The highest BCUT2D eigenvalue weighted by molar-refractivity contribution is 5.83. The highest BCUT2D eigenvalue weighted by Crippen LogP contribution is 2.54. The monoisotopic (exact) mass is 480 g/mol. The lowest BCUT2D eigenvalue weighted by atomic mass is 9.77. The molecule has 2 amide bonds. The average Bonchev–Trinajstić information content (AvgIpc) is 3.02. The van der Waals surface area contributed by atoms with E-state index in [2.05, 4.69) is 5.32 Å². The summed E-state index contributed by atoms with van der Waals surface area (Å²) in [6, 6.07) is 1.86. The molecule has 12 heteroatoms. The summed E-state index contributed by atoms with van der Waals surface area (Å²) in [6.07, 6.45) is -7.09. The summed E-state index contributed by atoms with van der Waals surface area (Å²) < 4.78 is 85.4. The number of amides is 2. The van der Waals surface area contributed by atoms with Crippen LogP contribution in [0, 0.1) is 17.6 Å². The predicted molar refractivity (Wildman–Crippen MR) is 105 cm³/mol. The number of halogens is 5. The third-order valence-electron chi connectivity index (χ3n) is 6.42. The molecule has 2 saturated heterocycles. The number of morpholine rings is 1. The van der Waals surface area contributed by atoms with Crippen molar-refractivity contribution >= 4 is 11.8 Å². The van der Waals surface area contributed by atoms with Crippen LogP contribution in [0.2, 0.25) is 0 Å². The molecule has 0 bridgehead atoms. The fourth-order valence-electron chi connectivity index (χ4n) is 4.24. The third kappa shape index (κ3) is 4.50. The Morgan fingerprint density at radius 1 is 1.33 bits per heavy atom. The molecule has 33 heavy (non-hydrogen) atoms. The van der Waals surface area contributed by atoms with E-state index in [9.17, 15) is 31.5 Å². The number of hydrogen-bond acceptors (Lipinski definition) is 5. The first-order chi connectivity index (χ1) is 15.3. The van der Waals surface area contributed by atoms with Gasteiger partial charge in [-0.2, -0.15) is 17.6 Å². The molecular weight excluding hydrogens is 455 g/mol. The number of likely N-dealkylation sites (N-methyl/N-ethyl adjacent to an activating group) is 1. The Kier molecular flexibility index (Phi) is 6.90. The quantitative estimate of drug-likeness (QED) is 0.655. The van der Waals surface area contributed by atoms with Gasteiger partial charge < -0.3 is 24.4 Å². The number of alkyl halides is 3. The van der Waals surface area contributed by atoms with Crippen LogP contribution in [0.3, 0.4) is 0 Å². The van der Waals surface area contributed by atoms with E-state index in [1.54, 1.807) is 7.05 Å². The smallest absolute Gasteiger partial charge is 0.417 e. The topological polar surface area (TPSA) is 77.1 Å². The first-order valence-electron chi connectivity index (χ1n) is 10.2. The van der Waals surface area contributed by atoms with Gasteiger partial charge in [-0.05, 0) is 13.0 Å². The molecule has 0 aliphatic carbocycles. The van der Waals surface area contributed by atoms with Gasteiger partial charge in [0.1, 0.15) is 12.7 Å². The molecule has 7 nitrogen and oxygen atoms in total. The van der Waals surface area contributed by atoms with Gasteiger partial charge in [0.2, 0.25) is 17.6 Å². The van der Waals surface area contributed by atoms with Crippen LogP contribution in [0.5, 0.6) is 5.75 Å². The summed E-state index contributed by atoms with van der Waals surface area (Å²) in [4.78, 5) is 25.9.